The normalized spacial score (nSPS) is 38.2. The maximum Gasteiger partial charge on any atom is 0.0696 e. The van der Waals surface area contributed by atoms with E-state index in [4.69, 9.17) is 4.74 Å². The third kappa shape index (κ3) is 1.99. The average Bonchev–Trinajstić information content (AvgIpc) is 1.83. The van der Waals surface area contributed by atoms with E-state index < -0.39 is 5.60 Å². The summed E-state index contributed by atoms with van der Waals surface area (Å²) < 4.78 is 5.38. The molecule has 0 unspecified atom stereocenters. The van der Waals surface area contributed by atoms with Crippen molar-refractivity contribution in [2.45, 2.75) is 39.7 Å². The molecular weight excluding hydrogens is 152 g/mol. The monoisotopic (exact) mass is 172 g/mol. The van der Waals surface area contributed by atoms with Crippen LogP contribution >= 0.6 is 0 Å². The van der Waals surface area contributed by atoms with Crippen LogP contribution in [-0.4, -0.2) is 23.9 Å². The van der Waals surface area contributed by atoms with Crippen LogP contribution in [0.4, 0.5) is 0 Å². The van der Waals surface area contributed by atoms with Crippen molar-refractivity contribution in [1.82, 2.24) is 0 Å². The predicted molar refractivity (Wildman–Crippen MR) is 49.0 cm³/mol. The van der Waals surface area contributed by atoms with Gasteiger partial charge >= 0.3 is 0 Å². The van der Waals surface area contributed by atoms with Crippen molar-refractivity contribution in [3.8, 4) is 0 Å². The molecule has 0 radical (unpaired) electrons. The van der Waals surface area contributed by atoms with Crippen LogP contribution in [-0.2, 0) is 4.74 Å². The number of hydrogen-bond acceptors (Lipinski definition) is 2. The van der Waals surface area contributed by atoms with Crippen LogP contribution in [0.25, 0.3) is 0 Å². The predicted octanol–water partition coefficient (Wildman–Crippen LogP) is 1.82. The Morgan fingerprint density at radius 2 is 2.00 bits per heavy atom. The highest BCUT2D eigenvalue weighted by Gasteiger charge is 2.42. The maximum absolute atomic E-state index is 10.1. The van der Waals surface area contributed by atoms with E-state index in [0.29, 0.717) is 13.2 Å². The van der Waals surface area contributed by atoms with Gasteiger partial charge in [0.05, 0.1) is 12.2 Å². The van der Waals surface area contributed by atoms with E-state index in [9.17, 15) is 5.11 Å². The lowest BCUT2D eigenvalue weighted by Gasteiger charge is -2.44. The van der Waals surface area contributed by atoms with Gasteiger partial charge in [-0.3, -0.25) is 0 Å². The molecule has 1 aliphatic rings. The van der Waals surface area contributed by atoms with E-state index >= 15 is 0 Å². The van der Waals surface area contributed by atoms with Gasteiger partial charge in [0.15, 0.2) is 0 Å². The molecule has 0 aliphatic carbocycles. The smallest absolute Gasteiger partial charge is 0.0696 e. The van der Waals surface area contributed by atoms with Crippen LogP contribution in [0.3, 0.4) is 0 Å². The first kappa shape index (κ1) is 10.0. The largest absolute Gasteiger partial charge is 0.390 e. The number of ether oxygens (including phenoxy) is 1. The van der Waals surface area contributed by atoms with Crippen molar-refractivity contribution in [2.24, 2.45) is 11.3 Å². The van der Waals surface area contributed by atoms with Gasteiger partial charge in [0, 0.05) is 12.5 Å². The molecule has 0 saturated carbocycles. The summed E-state index contributed by atoms with van der Waals surface area (Å²) in [5.74, 6) is 0.249. The Balaban J connectivity index is 2.73. The second-order valence-corrected chi connectivity index (χ2v) is 5.10. The second kappa shape index (κ2) is 3.00. The summed E-state index contributed by atoms with van der Waals surface area (Å²) in [4.78, 5) is 0. The highest BCUT2D eigenvalue weighted by molar-refractivity contribution is 4.91. The van der Waals surface area contributed by atoms with Gasteiger partial charge in [-0.15, -0.1) is 0 Å². The fourth-order valence-electron chi connectivity index (χ4n) is 2.02. The van der Waals surface area contributed by atoms with Gasteiger partial charge < -0.3 is 9.84 Å². The topological polar surface area (TPSA) is 29.5 Å². The number of hydrogen-bond donors (Lipinski definition) is 1. The SMILES string of the molecule is CC(C)(C)[C@@H]1COCC[C@]1(C)O. The first-order valence-corrected chi connectivity index (χ1v) is 4.64. The number of aliphatic hydroxyl groups is 1. The number of rotatable bonds is 0. The highest BCUT2D eigenvalue weighted by atomic mass is 16.5. The van der Waals surface area contributed by atoms with E-state index in [1.165, 1.54) is 0 Å². The van der Waals surface area contributed by atoms with Crippen molar-refractivity contribution in [1.29, 1.82) is 0 Å². The van der Waals surface area contributed by atoms with Crippen LogP contribution in [0.1, 0.15) is 34.1 Å². The molecular formula is C10H20O2. The molecule has 1 N–H and O–H groups in total. The summed E-state index contributed by atoms with van der Waals surface area (Å²) in [6, 6.07) is 0. The van der Waals surface area contributed by atoms with Crippen LogP contribution in [0.5, 0.6) is 0 Å². The summed E-state index contributed by atoms with van der Waals surface area (Å²) in [5.41, 5.74) is -0.416. The molecule has 12 heavy (non-hydrogen) atoms. The summed E-state index contributed by atoms with van der Waals surface area (Å²) >= 11 is 0. The lowest BCUT2D eigenvalue weighted by atomic mass is 9.70. The highest BCUT2D eigenvalue weighted by Crippen LogP contribution is 2.38. The van der Waals surface area contributed by atoms with Gasteiger partial charge in [0.2, 0.25) is 0 Å². The quantitative estimate of drug-likeness (QED) is 0.604. The molecule has 2 nitrogen and oxygen atoms in total. The maximum atomic E-state index is 10.1. The minimum Gasteiger partial charge on any atom is -0.390 e. The zero-order valence-electron chi connectivity index (χ0n) is 8.55. The van der Waals surface area contributed by atoms with Crippen molar-refractivity contribution in [3.05, 3.63) is 0 Å². The summed E-state index contributed by atoms with van der Waals surface area (Å²) in [6.45, 7) is 9.77. The summed E-state index contributed by atoms with van der Waals surface area (Å²) in [5, 5.41) is 10.1. The van der Waals surface area contributed by atoms with E-state index in [1.54, 1.807) is 0 Å². The Bertz CT molecular complexity index is 156. The van der Waals surface area contributed by atoms with Gasteiger partial charge in [-0.05, 0) is 18.8 Å². The van der Waals surface area contributed by atoms with Crippen LogP contribution in [0, 0.1) is 11.3 Å². The van der Waals surface area contributed by atoms with Crippen LogP contribution in [0.15, 0.2) is 0 Å². The molecule has 0 aromatic carbocycles. The Labute approximate surface area is 74.9 Å². The molecule has 0 amide bonds. The lowest BCUT2D eigenvalue weighted by molar-refractivity contribution is -0.135. The Hall–Kier alpha value is -0.0800. The molecule has 1 aliphatic heterocycles. The summed E-state index contributed by atoms with van der Waals surface area (Å²) in [7, 11) is 0. The molecule has 1 fully saturated rings. The minimum atomic E-state index is -0.545. The van der Waals surface area contributed by atoms with Crippen molar-refractivity contribution in [3.63, 3.8) is 0 Å². The standard InChI is InChI=1S/C10H20O2/c1-9(2,3)8-7-12-6-5-10(8,4)11/h8,11H,5-7H2,1-4H3/t8-,10-/m0/s1. The molecule has 2 heteroatoms. The first-order valence-electron chi connectivity index (χ1n) is 4.64. The molecule has 1 heterocycles. The lowest BCUT2D eigenvalue weighted by Crippen LogP contribution is -2.48. The van der Waals surface area contributed by atoms with Gasteiger partial charge in [0.1, 0.15) is 0 Å². The molecule has 2 atom stereocenters. The molecule has 0 aromatic rings. The van der Waals surface area contributed by atoms with Gasteiger partial charge in [0.25, 0.3) is 0 Å². The third-order valence-electron chi connectivity index (χ3n) is 2.83. The van der Waals surface area contributed by atoms with Crippen molar-refractivity contribution >= 4 is 0 Å². The zero-order chi connectivity index (χ0) is 9.41. The molecule has 72 valence electrons. The third-order valence-corrected chi connectivity index (χ3v) is 2.83. The average molecular weight is 172 g/mol. The Morgan fingerprint density at radius 1 is 1.42 bits per heavy atom. The van der Waals surface area contributed by atoms with Gasteiger partial charge in [-0.25, -0.2) is 0 Å². The van der Waals surface area contributed by atoms with E-state index in [0.717, 1.165) is 6.42 Å². The van der Waals surface area contributed by atoms with E-state index in [1.807, 2.05) is 6.92 Å². The Morgan fingerprint density at radius 3 is 2.33 bits per heavy atom. The molecule has 1 rings (SSSR count). The van der Waals surface area contributed by atoms with Crippen LogP contribution < -0.4 is 0 Å². The first-order chi connectivity index (χ1) is 5.34. The van der Waals surface area contributed by atoms with Crippen molar-refractivity contribution < 1.29 is 9.84 Å². The molecule has 0 bridgehead atoms. The molecule has 0 aromatic heterocycles. The minimum absolute atomic E-state index is 0.129. The van der Waals surface area contributed by atoms with E-state index in [-0.39, 0.29) is 11.3 Å². The van der Waals surface area contributed by atoms with E-state index in [2.05, 4.69) is 20.8 Å². The van der Waals surface area contributed by atoms with Gasteiger partial charge in [-0.1, -0.05) is 20.8 Å². The molecule has 0 spiro atoms. The van der Waals surface area contributed by atoms with Crippen molar-refractivity contribution in [2.75, 3.05) is 13.2 Å². The van der Waals surface area contributed by atoms with Crippen LogP contribution in [0.2, 0.25) is 0 Å². The fourth-order valence-corrected chi connectivity index (χ4v) is 2.02. The Kier molecular flexibility index (Phi) is 2.50. The fraction of sp³-hybridized carbons (Fsp3) is 1.00. The zero-order valence-corrected chi connectivity index (χ0v) is 8.55. The second-order valence-electron chi connectivity index (χ2n) is 5.10. The van der Waals surface area contributed by atoms with Gasteiger partial charge in [-0.2, -0.15) is 0 Å². The summed E-state index contributed by atoms with van der Waals surface area (Å²) in [6.07, 6.45) is 0.759. The molecule has 1 saturated heterocycles.